The van der Waals surface area contributed by atoms with Crippen molar-refractivity contribution in [2.75, 3.05) is 13.6 Å². The number of rotatable bonds is 5. The smallest absolute Gasteiger partial charge is 0.207 e. The molecule has 1 aromatic carbocycles. The summed E-state index contributed by atoms with van der Waals surface area (Å²) in [6, 6.07) is 6.79. The molecular weight excluding hydrogens is 243 g/mol. The summed E-state index contributed by atoms with van der Waals surface area (Å²) in [7, 11) is 1.90. The summed E-state index contributed by atoms with van der Waals surface area (Å²) in [6.07, 6.45) is 4.75. The Balaban J connectivity index is 2.00. The molecule has 0 radical (unpaired) electrons. The van der Waals surface area contributed by atoms with Crippen LogP contribution in [0.1, 0.15) is 37.2 Å². The van der Waals surface area contributed by atoms with Crippen LogP contribution in [0.2, 0.25) is 0 Å². The summed E-state index contributed by atoms with van der Waals surface area (Å²) in [5.41, 5.74) is 1.08. The maximum atomic E-state index is 12.9. The number of hydrogen-bond acceptors (Lipinski definition) is 2. The zero-order valence-electron chi connectivity index (χ0n) is 11.3. The van der Waals surface area contributed by atoms with Gasteiger partial charge in [0.2, 0.25) is 6.41 Å². The van der Waals surface area contributed by atoms with E-state index in [1.54, 1.807) is 0 Å². The summed E-state index contributed by atoms with van der Waals surface area (Å²) in [4.78, 5) is 10.8. The largest absolute Gasteiger partial charge is 0.352 e. The van der Waals surface area contributed by atoms with Crippen LogP contribution in [0.15, 0.2) is 24.3 Å². The third-order valence-electron chi connectivity index (χ3n) is 4.16. The van der Waals surface area contributed by atoms with Gasteiger partial charge in [-0.25, -0.2) is 4.39 Å². The lowest BCUT2D eigenvalue weighted by Gasteiger charge is -2.40. The van der Waals surface area contributed by atoms with Gasteiger partial charge in [0.25, 0.3) is 0 Å². The maximum absolute atomic E-state index is 12.9. The van der Waals surface area contributed by atoms with Gasteiger partial charge in [0.15, 0.2) is 0 Å². The van der Waals surface area contributed by atoms with E-state index in [2.05, 4.69) is 10.6 Å². The minimum Gasteiger partial charge on any atom is -0.352 e. The molecule has 1 aliphatic carbocycles. The van der Waals surface area contributed by atoms with Gasteiger partial charge in [-0.1, -0.05) is 12.1 Å². The lowest BCUT2D eigenvalue weighted by molar-refractivity contribution is -0.111. The van der Waals surface area contributed by atoms with Crippen LogP contribution in [0, 0.1) is 5.82 Å². The highest BCUT2D eigenvalue weighted by Crippen LogP contribution is 2.37. The van der Waals surface area contributed by atoms with Crippen LogP contribution in [0.3, 0.4) is 0 Å². The van der Waals surface area contributed by atoms with Crippen molar-refractivity contribution in [3.05, 3.63) is 35.6 Å². The predicted molar refractivity (Wildman–Crippen MR) is 73.5 cm³/mol. The Morgan fingerprint density at radius 3 is 2.47 bits per heavy atom. The predicted octanol–water partition coefficient (Wildman–Crippen LogP) is 2.19. The molecule has 1 amide bonds. The number of likely N-dealkylation sites (N-methyl/N-ethyl adjacent to an activating group) is 1. The first-order valence-corrected chi connectivity index (χ1v) is 6.80. The summed E-state index contributed by atoms with van der Waals surface area (Å²) >= 11 is 0. The number of amides is 1. The lowest BCUT2D eigenvalue weighted by atomic mass is 9.74. The molecule has 19 heavy (non-hydrogen) atoms. The van der Waals surface area contributed by atoms with Crippen LogP contribution in [-0.2, 0) is 4.79 Å². The topological polar surface area (TPSA) is 41.1 Å². The van der Waals surface area contributed by atoms with Crippen molar-refractivity contribution in [3.63, 3.8) is 0 Å². The van der Waals surface area contributed by atoms with Crippen LogP contribution in [0.25, 0.3) is 0 Å². The fourth-order valence-corrected chi connectivity index (χ4v) is 3.07. The molecule has 1 fully saturated rings. The minimum absolute atomic E-state index is 0.118. The number of halogens is 1. The highest BCUT2D eigenvalue weighted by atomic mass is 19.1. The van der Waals surface area contributed by atoms with E-state index < -0.39 is 0 Å². The van der Waals surface area contributed by atoms with Gasteiger partial charge in [0, 0.05) is 6.54 Å². The van der Waals surface area contributed by atoms with Crippen LogP contribution in [-0.4, -0.2) is 25.5 Å². The second-order valence-electron chi connectivity index (χ2n) is 5.40. The fourth-order valence-electron chi connectivity index (χ4n) is 3.07. The minimum atomic E-state index is -0.188. The zero-order valence-corrected chi connectivity index (χ0v) is 11.3. The Labute approximate surface area is 113 Å². The van der Waals surface area contributed by atoms with Gasteiger partial charge in [0.05, 0.1) is 5.54 Å². The molecule has 4 heteroatoms. The molecule has 0 aromatic heterocycles. The molecule has 104 valence electrons. The molecule has 0 saturated heterocycles. The van der Waals surface area contributed by atoms with Crippen molar-refractivity contribution >= 4 is 6.41 Å². The summed E-state index contributed by atoms with van der Waals surface area (Å²) in [5, 5.41) is 6.13. The second kappa shape index (κ2) is 6.15. The first kappa shape index (κ1) is 14.0. The molecule has 0 aliphatic heterocycles. The standard InChI is InChI=1S/C15H21FN2O/c1-17-10-15(18-11-19)8-6-13(7-9-15)12-2-4-14(16)5-3-12/h2-5,11,13,17H,6-10H2,1H3,(H,18,19). The molecule has 2 rings (SSSR count). The molecule has 0 heterocycles. The first-order chi connectivity index (χ1) is 9.19. The van der Waals surface area contributed by atoms with Gasteiger partial charge in [0.1, 0.15) is 5.82 Å². The number of carbonyl (C=O) groups excluding carboxylic acids is 1. The molecule has 0 bridgehead atoms. The van der Waals surface area contributed by atoms with Gasteiger partial charge >= 0.3 is 0 Å². The second-order valence-corrected chi connectivity index (χ2v) is 5.40. The van der Waals surface area contributed by atoms with Gasteiger partial charge in [-0.3, -0.25) is 4.79 Å². The van der Waals surface area contributed by atoms with Gasteiger partial charge in [-0.15, -0.1) is 0 Å². The monoisotopic (exact) mass is 264 g/mol. The average molecular weight is 264 g/mol. The van der Waals surface area contributed by atoms with Gasteiger partial charge < -0.3 is 10.6 Å². The molecule has 2 N–H and O–H groups in total. The third-order valence-corrected chi connectivity index (χ3v) is 4.16. The molecule has 1 aromatic rings. The quantitative estimate of drug-likeness (QED) is 0.800. The Morgan fingerprint density at radius 2 is 1.95 bits per heavy atom. The van der Waals surface area contributed by atoms with Crippen LogP contribution in [0.5, 0.6) is 0 Å². The van der Waals surface area contributed by atoms with E-state index in [1.165, 1.54) is 17.7 Å². The summed E-state index contributed by atoms with van der Waals surface area (Å²) in [5.74, 6) is 0.283. The van der Waals surface area contributed by atoms with E-state index in [9.17, 15) is 9.18 Å². The summed E-state index contributed by atoms with van der Waals surface area (Å²) < 4.78 is 12.9. The normalized spacial score (nSPS) is 26.9. The van der Waals surface area contributed by atoms with Crippen LogP contribution >= 0.6 is 0 Å². The van der Waals surface area contributed by atoms with Crippen molar-refractivity contribution < 1.29 is 9.18 Å². The van der Waals surface area contributed by atoms with E-state index in [-0.39, 0.29) is 11.4 Å². The molecular formula is C15H21FN2O. The van der Waals surface area contributed by atoms with E-state index in [0.29, 0.717) is 5.92 Å². The molecule has 3 nitrogen and oxygen atoms in total. The Morgan fingerprint density at radius 1 is 1.32 bits per heavy atom. The fraction of sp³-hybridized carbons (Fsp3) is 0.533. The molecule has 0 spiro atoms. The number of nitrogens with one attached hydrogen (secondary N) is 2. The molecule has 1 aliphatic rings. The number of carbonyl (C=O) groups is 1. The van der Waals surface area contributed by atoms with Crippen LogP contribution in [0.4, 0.5) is 4.39 Å². The molecule has 0 atom stereocenters. The van der Waals surface area contributed by atoms with Crippen molar-refractivity contribution in [1.82, 2.24) is 10.6 Å². The van der Waals surface area contributed by atoms with E-state index in [1.807, 2.05) is 19.2 Å². The molecule has 1 saturated carbocycles. The Hall–Kier alpha value is -1.42. The average Bonchev–Trinajstić information content (AvgIpc) is 2.41. The highest BCUT2D eigenvalue weighted by molar-refractivity contribution is 5.48. The Bertz CT molecular complexity index is 411. The van der Waals surface area contributed by atoms with Crippen molar-refractivity contribution in [2.24, 2.45) is 0 Å². The van der Waals surface area contributed by atoms with E-state index in [4.69, 9.17) is 0 Å². The number of benzene rings is 1. The van der Waals surface area contributed by atoms with Crippen molar-refractivity contribution in [2.45, 2.75) is 37.1 Å². The van der Waals surface area contributed by atoms with E-state index >= 15 is 0 Å². The first-order valence-electron chi connectivity index (χ1n) is 6.80. The highest BCUT2D eigenvalue weighted by Gasteiger charge is 2.34. The maximum Gasteiger partial charge on any atom is 0.207 e. The molecule has 0 unspecified atom stereocenters. The lowest BCUT2D eigenvalue weighted by Crippen LogP contribution is -2.53. The SMILES string of the molecule is CNCC1(NC=O)CCC(c2ccc(F)cc2)CC1. The van der Waals surface area contributed by atoms with Crippen molar-refractivity contribution in [1.29, 1.82) is 0 Å². The summed E-state index contributed by atoms with van der Waals surface area (Å²) in [6.45, 7) is 0.794. The Kier molecular flexibility index (Phi) is 4.53. The third kappa shape index (κ3) is 3.32. The number of hydrogen-bond donors (Lipinski definition) is 2. The van der Waals surface area contributed by atoms with Gasteiger partial charge in [-0.05, 0) is 56.3 Å². The zero-order chi connectivity index (χ0) is 13.7. The van der Waals surface area contributed by atoms with E-state index in [0.717, 1.165) is 38.6 Å². The van der Waals surface area contributed by atoms with Crippen molar-refractivity contribution in [3.8, 4) is 0 Å². The van der Waals surface area contributed by atoms with Crippen LogP contribution < -0.4 is 10.6 Å². The van der Waals surface area contributed by atoms with Gasteiger partial charge in [-0.2, -0.15) is 0 Å².